The molecule has 1 aromatic rings. The zero-order chi connectivity index (χ0) is 9.84. The Bertz CT molecular complexity index is 283. The van der Waals surface area contributed by atoms with Crippen molar-refractivity contribution in [3.63, 3.8) is 0 Å². The van der Waals surface area contributed by atoms with Crippen LogP contribution in [-0.2, 0) is 0 Å². The third kappa shape index (κ3) is 2.74. The van der Waals surface area contributed by atoms with Crippen LogP contribution in [0, 0.1) is 13.8 Å². The van der Waals surface area contributed by atoms with Crippen LogP contribution in [0.3, 0.4) is 0 Å². The van der Waals surface area contributed by atoms with E-state index in [-0.39, 0.29) is 6.23 Å². The summed E-state index contributed by atoms with van der Waals surface area (Å²) in [6.07, 6.45) is 0.633. The fraction of sp³-hybridized carbons (Fsp3) is 0.455. The summed E-state index contributed by atoms with van der Waals surface area (Å²) < 4.78 is 5.55. The van der Waals surface area contributed by atoms with Gasteiger partial charge in [-0.3, -0.25) is 5.73 Å². The van der Waals surface area contributed by atoms with Crippen molar-refractivity contribution in [3.8, 4) is 5.75 Å². The van der Waals surface area contributed by atoms with Crippen LogP contribution in [0.5, 0.6) is 5.75 Å². The summed E-state index contributed by atoms with van der Waals surface area (Å²) >= 11 is 0. The maximum Gasteiger partial charge on any atom is 0.147 e. The van der Waals surface area contributed by atoms with Crippen LogP contribution in [-0.4, -0.2) is 6.23 Å². The Balaban J connectivity index is 2.81. The van der Waals surface area contributed by atoms with Gasteiger partial charge in [-0.15, -0.1) is 0 Å². The zero-order valence-corrected chi connectivity index (χ0v) is 8.50. The van der Waals surface area contributed by atoms with E-state index in [1.807, 2.05) is 32.9 Å². The Morgan fingerprint density at radius 3 is 2.69 bits per heavy atom. The van der Waals surface area contributed by atoms with Crippen LogP contribution in [0.15, 0.2) is 18.2 Å². The first-order valence-electron chi connectivity index (χ1n) is 4.63. The molecule has 72 valence electrons. The first kappa shape index (κ1) is 10.1. The van der Waals surface area contributed by atoms with Crippen molar-refractivity contribution in [1.29, 1.82) is 0 Å². The molecule has 0 aromatic heterocycles. The van der Waals surface area contributed by atoms with Crippen LogP contribution in [0.1, 0.15) is 24.5 Å². The number of ether oxygens (including phenoxy) is 1. The Morgan fingerprint density at radius 1 is 1.38 bits per heavy atom. The van der Waals surface area contributed by atoms with E-state index in [2.05, 4.69) is 6.07 Å². The Hall–Kier alpha value is -1.02. The molecule has 1 atom stereocenters. The first-order valence-corrected chi connectivity index (χ1v) is 4.63. The zero-order valence-electron chi connectivity index (χ0n) is 8.50. The molecule has 1 unspecified atom stereocenters. The highest BCUT2D eigenvalue weighted by Gasteiger charge is 2.03. The normalized spacial score (nSPS) is 12.6. The fourth-order valence-corrected chi connectivity index (χ4v) is 1.08. The van der Waals surface area contributed by atoms with Gasteiger partial charge < -0.3 is 4.74 Å². The maximum absolute atomic E-state index is 5.70. The molecule has 2 N–H and O–H groups in total. The average Bonchev–Trinajstić information content (AvgIpc) is 2.11. The van der Waals surface area contributed by atoms with Gasteiger partial charge in [0.2, 0.25) is 0 Å². The summed E-state index contributed by atoms with van der Waals surface area (Å²) in [5.74, 6) is 0.898. The van der Waals surface area contributed by atoms with E-state index in [1.165, 1.54) is 5.56 Å². The van der Waals surface area contributed by atoms with E-state index in [4.69, 9.17) is 10.5 Å². The number of benzene rings is 1. The van der Waals surface area contributed by atoms with E-state index >= 15 is 0 Å². The monoisotopic (exact) mass is 179 g/mol. The minimum absolute atomic E-state index is 0.194. The summed E-state index contributed by atoms with van der Waals surface area (Å²) in [7, 11) is 0. The number of hydrogen-bond acceptors (Lipinski definition) is 2. The molecular weight excluding hydrogens is 162 g/mol. The molecule has 0 aliphatic rings. The van der Waals surface area contributed by atoms with Gasteiger partial charge in [-0.25, -0.2) is 0 Å². The Morgan fingerprint density at radius 2 is 2.08 bits per heavy atom. The van der Waals surface area contributed by atoms with E-state index in [0.717, 1.165) is 17.7 Å². The lowest BCUT2D eigenvalue weighted by Gasteiger charge is -2.14. The number of hydrogen-bond donors (Lipinski definition) is 1. The van der Waals surface area contributed by atoms with Crippen LogP contribution in [0.4, 0.5) is 0 Å². The summed E-state index contributed by atoms with van der Waals surface area (Å²) in [5.41, 5.74) is 8.03. The second-order valence-corrected chi connectivity index (χ2v) is 3.33. The quantitative estimate of drug-likeness (QED) is 0.723. The summed E-state index contributed by atoms with van der Waals surface area (Å²) in [4.78, 5) is 0. The molecule has 0 bridgehead atoms. The Kier molecular flexibility index (Phi) is 3.32. The van der Waals surface area contributed by atoms with Crippen molar-refractivity contribution in [3.05, 3.63) is 29.3 Å². The van der Waals surface area contributed by atoms with Gasteiger partial charge in [0, 0.05) is 0 Å². The van der Waals surface area contributed by atoms with Crippen molar-refractivity contribution >= 4 is 0 Å². The molecular formula is C11H17NO. The Labute approximate surface area is 79.7 Å². The molecule has 1 aromatic carbocycles. The molecule has 0 saturated carbocycles. The molecule has 0 radical (unpaired) electrons. The highest BCUT2D eigenvalue weighted by molar-refractivity contribution is 5.36. The van der Waals surface area contributed by atoms with Gasteiger partial charge in [0.15, 0.2) is 0 Å². The first-order chi connectivity index (χ1) is 6.13. The minimum atomic E-state index is -0.194. The molecule has 0 fully saturated rings. The summed E-state index contributed by atoms with van der Waals surface area (Å²) in [6, 6.07) is 6.14. The molecule has 0 amide bonds. The molecule has 0 aliphatic carbocycles. The van der Waals surface area contributed by atoms with Gasteiger partial charge in [0.05, 0.1) is 0 Å². The SMILES string of the molecule is CCC(N)Oc1cc(C)ccc1C. The average molecular weight is 179 g/mol. The van der Waals surface area contributed by atoms with Crippen LogP contribution in [0.2, 0.25) is 0 Å². The largest absolute Gasteiger partial charge is 0.475 e. The van der Waals surface area contributed by atoms with Gasteiger partial charge in [-0.05, 0) is 37.5 Å². The highest BCUT2D eigenvalue weighted by Crippen LogP contribution is 2.19. The van der Waals surface area contributed by atoms with E-state index in [1.54, 1.807) is 0 Å². The number of nitrogens with two attached hydrogens (primary N) is 1. The lowest BCUT2D eigenvalue weighted by molar-refractivity contribution is 0.203. The van der Waals surface area contributed by atoms with Crippen molar-refractivity contribution in [2.24, 2.45) is 5.73 Å². The van der Waals surface area contributed by atoms with E-state index in [0.29, 0.717) is 0 Å². The highest BCUT2D eigenvalue weighted by atomic mass is 16.5. The van der Waals surface area contributed by atoms with E-state index in [9.17, 15) is 0 Å². The topological polar surface area (TPSA) is 35.2 Å². The van der Waals surface area contributed by atoms with Gasteiger partial charge in [0.1, 0.15) is 12.0 Å². The van der Waals surface area contributed by atoms with Crippen molar-refractivity contribution in [2.75, 3.05) is 0 Å². The maximum atomic E-state index is 5.70. The molecule has 13 heavy (non-hydrogen) atoms. The van der Waals surface area contributed by atoms with Crippen LogP contribution in [0.25, 0.3) is 0 Å². The van der Waals surface area contributed by atoms with Crippen molar-refractivity contribution in [1.82, 2.24) is 0 Å². The number of aryl methyl sites for hydroxylation is 2. The fourth-order valence-electron chi connectivity index (χ4n) is 1.08. The standard InChI is InChI=1S/C11H17NO/c1-4-11(12)13-10-7-8(2)5-6-9(10)3/h5-7,11H,4,12H2,1-3H3. The predicted molar refractivity (Wildman–Crippen MR) is 54.8 cm³/mol. The second kappa shape index (κ2) is 4.28. The molecule has 0 heterocycles. The van der Waals surface area contributed by atoms with Crippen LogP contribution >= 0.6 is 0 Å². The predicted octanol–water partition coefficient (Wildman–Crippen LogP) is 2.38. The molecule has 1 rings (SSSR count). The smallest absolute Gasteiger partial charge is 0.147 e. The second-order valence-electron chi connectivity index (χ2n) is 3.33. The summed E-state index contributed by atoms with van der Waals surface area (Å²) in [5, 5.41) is 0. The van der Waals surface area contributed by atoms with Gasteiger partial charge in [0.25, 0.3) is 0 Å². The molecule has 2 heteroatoms. The van der Waals surface area contributed by atoms with E-state index < -0.39 is 0 Å². The lowest BCUT2D eigenvalue weighted by Crippen LogP contribution is -2.26. The number of rotatable bonds is 3. The molecule has 0 aliphatic heterocycles. The van der Waals surface area contributed by atoms with Gasteiger partial charge in [-0.2, -0.15) is 0 Å². The summed E-state index contributed by atoms with van der Waals surface area (Å²) in [6.45, 7) is 6.08. The minimum Gasteiger partial charge on any atom is -0.475 e. The molecule has 0 saturated heterocycles. The van der Waals surface area contributed by atoms with Crippen LogP contribution < -0.4 is 10.5 Å². The van der Waals surface area contributed by atoms with Crippen molar-refractivity contribution in [2.45, 2.75) is 33.4 Å². The lowest BCUT2D eigenvalue weighted by atomic mass is 10.1. The van der Waals surface area contributed by atoms with Crippen molar-refractivity contribution < 1.29 is 4.74 Å². The third-order valence-corrected chi connectivity index (χ3v) is 2.02. The third-order valence-electron chi connectivity index (χ3n) is 2.02. The van der Waals surface area contributed by atoms with Gasteiger partial charge in [-0.1, -0.05) is 19.1 Å². The molecule has 2 nitrogen and oxygen atoms in total. The van der Waals surface area contributed by atoms with Gasteiger partial charge >= 0.3 is 0 Å². The molecule has 0 spiro atoms.